The van der Waals surface area contributed by atoms with E-state index in [4.69, 9.17) is 16.4 Å². The zero-order valence-corrected chi connectivity index (χ0v) is 20.7. The molecule has 0 unspecified atom stereocenters. The van der Waals surface area contributed by atoms with Gasteiger partial charge in [-0.25, -0.2) is 14.9 Å². The first-order valence-corrected chi connectivity index (χ1v) is 12.1. The SMILES string of the molecule is [C-]#[N+]c1[nH]nc2ccc(/C(=C(/c3cnc(OC)cc3C)C3CCC3)c3ccc(/C=C/C(=O)O)cc3)cc12. The molecule has 2 aromatic heterocycles. The van der Waals surface area contributed by atoms with Gasteiger partial charge in [0.1, 0.15) is 5.52 Å². The summed E-state index contributed by atoms with van der Waals surface area (Å²) in [6.07, 6.45) is 7.96. The van der Waals surface area contributed by atoms with E-state index < -0.39 is 5.97 Å². The van der Waals surface area contributed by atoms with Crippen LogP contribution < -0.4 is 4.74 Å². The Morgan fingerprint density at radius 2 is 1.92 bits per heavy atom. The van der Waals surface area contributed by atoms with E-state index in [0.717, 1.165) is 63.2 Å². The number of hydrogen-bond acceptors (Lipinski definition) is 4. The van der Waals surface area contributed by atoms with Crippen LogP contribution in [0.25, 0.3) is 33.0 Å². The number of H-pyrrole nitrogens is 1. The number of aryl methyl sites for hydroxylation is 1. The second-order valence-corrected chi connectivity index (χ2v) is 9.17. The number of aromatic nitrogens is 3. The molecule has 5 rings (SSSR count). The Morgan fingerprint density at radius 1 is 1.16 bits per heavy atom. The molecular formula is C30H26N4O3. The van der Waals surface area contributed by atoms with Crippen LogP contribution in [0.2, 0.25) is 0 Å². The number of benzene rings is 2. The smallest absolute Gasteiger partial charge is 0.328 e. The molecule has 7 heteroatoms. The molecule has 1 aliphatic carbocycles. The molecule has 0 saturated heterocycles. The number of carbonyl (C=O) groups is 1. The fourth-order valence-electron chi connectivity index (χ4n) is 4.82. The molecule has 1 fully saturated rings. The van der Waals surface area contributed by atoms with E-state index in [1.54, 1.807) is 13.2 Å². The van der Waals surface area contributed by atoms with Gasteiger partial charge in [-0.2, -0.15) is 0 Å². The number of rotatable bonds is 7. The second-order valence-electron chi connectivity index (χ2n) is 9.17. The Morgan fingerprint density at radius 3 is 2.54 bits per heavy atom. The first kappa shape index (κ1) is 24.0. The van der Waals surface area contributed by atoms with E-state index in [1.807, 2.05) is 48.7 Å². The van der Waals surface area contributed by atoms with Gasteiger partial charge >= 0.3 is 5.97 Å². The van der Waals surface area contributed by atoms with E-state index in [-0.39, 0.29) is 0 Å². The maximum atomic E-state index is 11.0. The summed E-state index contributed by atoms with van der Waals surface area (Å²) in [5.74, 6) is 0.379. The number of allylic oxidation sites excluding steroid dienone is 1. The van der Waals surface area contributed by atoms with E-state index in [2.05, 4.69) is 33.0 Å². The van der Waals surface area contributed by atoms with Gasteiger partial charge in [-0.3, -0.25) is 0 Å². The van der Waals surface area contributed by atoms with Crippen molar-refractivity contribution in [3.8, 4) is 5.88 Å². The fraction of sp³-hybridized carbons (Fsp3) is 0.200. The highest BCUT2D eigenvalue weighted by Crippen LogP contribution is 2.46. The highest BCUT2D eigenvalue weighted by molar-refractivity contribution is 6.03. The highest BCUT2D eigenvalue weighted by Gasteiger charge is 2.28. The second kappa shape index (κ2) is 10.1. The van der Waals surface area contributed by atoms with Gasteiger partial charge in [-0.1, -0.05) is 49.4 Å². The predicted octanol–water partition coefficient (Wildman–Crippen LogP) is 6.68. The van der Waals surface area contributed by atoms with Gasteiger partial charge in [0.05, 0.1) is 7.11 Å². The molecule has 2 heterocycles. The Bertz CT molecular complexity index is 1590. The molecule has 4 aromatic rings. The maximum Gasteiger partial charge on any atom is 0.328 e. The molecule has 2 aromatic carbocycles. The number of nitrogens with zero attached hydrogens (tertiary/aromatic N) is 3. The van der Waals surface area contributed by atoms with Crippen molar-refractivity contribution in [1.29, 1.82) is 0 Å². The van der Waals surface area contributed by atoms with E-state index in [9.17, 15) is 4.79 Å². The van der Waals surface area contributed by atoms with Crippen LogP contribution in [-0.4, -0.2) is 33.4 Å². The highest BCUT2D eigenvalue weighted by atomic mass is 16.5. The Kier molecular flexibility index (Phi) is 6.57. The van der Waals surface area contributed by atoms with Gasteiger partial charge in [0, 0.05) is 29.3 Å². The fourth-order valence-corrected chi connectivity index (χ4v) is 4.82. The number of pyridine rings is 1. The van der Waals surface area contributed by atoms with E-state index >= 15 is 0 Å². The first-order chi connectivity index (χ1) is 18.0. The van der Waals surface area contributed by atoms with Gasteiger partial charge < -0.3 is 14.7 Å². The minimum Gasteiger partial charge on any atom is -0.481 e. The molecular weight excluding hydrogens is 464 g/mol. The number of aliphatic carboxylic acids is 1. The molecule has 0 spiro atoms. The average molecular weight is 491 g/mol. The zero-order valence-electron chi connectivity index (χ0n) is 20.7. The van der Waals surface area contributed by atoms with Gasteiger partial charge in [0.2, 0.25) is 5.88 Å². The van der Waals surface area contributed by atoms with Gasteiger partial charge in [-0.05, 0) is 71.2 Å². The topological polar surface area (TPSA) is 92.5 Å². The lowest BCUT2D eigenvalue weighted by molar-refractivity contribution is -0.131. The number of carboxylic acid groups (broad SMARTS) is 1. The molecule has 0 atom stereocenters. The lowest BCUT2D eigenvalue weighted by Crippen LogP contribution is -2.16. The summed E-state index contributed by atoms with van der Waals surface area (Å²) in [5, 5.41) is 16.9. The van der Waals surface area contributed by atoms with Crippen molar-refractivity contribution in [2.45, 2.75) is 26.2 Å². The van der Waals surface area contributed by atoms with Crippen molar-refractivity contribution in [3.63, 3.8) is 0 Å². The number of methoxy groups -OCH3 is 1. The van der Waals surface area contributed by atoms with E-state index in [0.29, 0.717) is 17.6 Å². The summed E-state index contributed by atoms with van der Waals surface area (Å²) in [6, 6.07) is 15.9. The van der Waals surface area contributed by atoms with Crippen LogP contribution in [0, 0.1) is 19.4 Å². The molecule has 37 heavy (non-hydrogen) atoms. The molecule has 0 radical (unpaired) electrons. The van der Waals surface area contributed by atoms with Crippen LogP contribution in [0.4, 0.5) is 5.82 Å². The van der Waals surface area contributed by atoms with Crippen LogP contribution in [0.3, 0.4) is 0 Å². The Labute approximate surface area is 215 Å². The number of carboxylic acids is 1. The third-order valence-corrected chi connectivity index (χ3v) is 6.92. The number of nitrogens with one attached hydrogen (secondary N) is 1. The van der Waals surface area contributed by atoms with Crippen molar-refractivity contribution in [1.82, 2.24) is 15.2 Å². The average Bonchev–Trinajstić information content (AvgIpc) is 3.29. The monoisotopic (exact) mass is 490 g/mol. The number of aromatic amines is 1. The van der Waals surface area contributed by atoms with Crippen molar-refractivity contribution in [3.05, 3.63) is 100 Å². The normalized spacial score (nSPS) is 14.3. The van der Waals surface area contributed by atoms with Crippen LogP contribution in [-0.2, 0) is 4.79 Å². The summed E-state index contributed by atoms with van der Waals surface area (Å²) in [6.45, 7) is 9.62. The van der Waals surface area contributed by atoms with Crippen LogP contribution in [0.5, 0.6) is 5.88 Å². The molecule has 1 aliphatic rings. The molecule has 0 aliphatic heterocycles. The van der Waals surface area contributed by atoms with Gasteiger partial charge in [-0.15, -0.1) is 5.10 Å². The van der Waals surface area contributed by atoms with Crippen LogP contribution in [0.15, 0.2) is 60.8 Å². The first-order valence-electron chi connectivity index (χ1n) is 12.1. The summed E-state index contributed by atoms with van der Waals surface area (Å²) in [4.78, 5) is 19.1. The maximum absolute atomic E-state index is 11.0. The Balaban J connectivity index is 1.77. The van der Waals surface area contributed by atoms with Gasteiger partial charge in [0.15, 0.2) is 0 Å². The summed E-state index contributed by atoms with van der Waals surface area (Å²) >= 11 is 0. The molecule has 2 N–H and O–H groups in total. The number of hydrogen-bond donors (Lipinski definition) is 2. The van der Waals surface area contributed by atoms with Crippen LogP contribution >= 0.6 is 0 Å². The van der Waals surface area contributed by atoms with Crippen molar-refractivity contribution in [2.75, 3.05) is 7.11 Å². The molecule has 7 nitrogen and oxygen atoms in total. The van der Waals surface area contributed by atoms with Crippen molar-refractivity contribution in [2.24, 2.45) is 5.92 Å². The minimum atomic E-state index is -0.983. The lowest BCUT2D eigenvalue weighted by atomic mass is 9.72. The van der Waals surface area contributed by atoms with E-state index in [1.165, 1.54) is 12.0 Å². The standard InChI is InChI=1S/C30H26N4O3/c1-18-15-26(37-3)32-17-24(18)29(20-5-4-6-20)28(21-10-7-19(8-11-21)9-14-27(35)36)22-12-13-25-23(16-22)30(31-2)34-33-25/h7-17,20H,4-6H2,1,3H3,(H,33,34)(H,35,36)/b14-9+,29-28+. The van der Waals surface area contributed by atoms with Gasteiger partial charge in [0.25, 0.3) is 5.82 Å². The Hall–Kier alpha value is -4.70. The summed E-state index contributed by atoms with van der Waals surface area (Å²) < 4.78 is 5.36. The molecule has 0 bridgehead atoms. The molecule has 1 saturated carbocycles. The third kappa shape index (κ3) is 4.74. The van der Waals surface area contributed by atoms with Crippen molar-refractivity contribution < 1.29 is 14.6 Å². The minimum absolute atomic E-state index is 0.371. The molecule has 0 amide bonds. The largest absolute Gasteiger partial charge is 0.481 e. The number of ether oxygens (including phenoxy) is 1. The predicted molar refractivity (Wildman–Crippen MR) is 144 cm³/mol. The third-order valence-electron chi connectivity index (χ3n) is 6.92. The molecule has 184 valence electrons. The summed E-state index contributed by atoms with van der Waals surface area (Å²) in [5.41, 5.74) is 8.01. The lowest BCUT2D eigenvalue weighted by Gasteiger charge is -2.32. The van der Waals surface area contributed by atoms with Crippen molar-refractivity contribution >= 4 is 39.9 Å². The zero-order chi connectivity index (χ0) is 25.9. The van der Waals surface area contributed by atoms with Crippen LogP contribution in [0.1, 0.15) is 47.1 Å². The number of fused-ring (bicyclic) bond motifs is 1. The summed E-state index contributed by atoms with van der Waals surface area (Å²) in [7, 11) is 1.62. The quantitative estimate of drug-likeness (QED) is 0.223.